The Labute approximate surface area is 187 Å². The lowest BCUT2D eigenvalue weighted by atomic mass is 9.68. The molecule has 0 radical (unpaired) electrons. The van der Waals surface area contributed by atoms with Crippen LogP contribution in [0.5, 0.6) is 5.75 Å². The van der Waals surface area contributed by atoms with Gasteiger partial charge >= 0.3 is 6.11 Å². The standard InChI is InChI=1S/C27H41F2NO/c1-2-6-21-7-9-22(10-8-21)23-11-13-24(14-12-23)27(28,29)31-26-17-15-25(16-18-26)30-19-4-3-5-20-30/h15-18,21-24H,2-14,19-20H2,1H3. The minimum absolute atomic E-state index is 0.294. The van der Waals surface area contributed by atoms with Crippen LogP contribution in [0, 0.1) is 23.7 Å². The largest absolute Gasteiger partial charge is 0.432 e. The van der Waals surface area contributed by atoms with Gasteiger partial charge in [-0.1, -0.05) is 32.6 Å². The third kappa shape index (κ3) is 5.93. The van der Waals surface area contributed by atoms with Crippen molar-refractivity contribution >= 4 is 5.69 Å². The fraction of sp³-hybridized carbons (Fsp3) is 0.778. The molecule has 3 fully saturated rings. The quantitative estimate of drug-likeness (QED) is 0.431. The lowest BCUT2D eigenvalue weighted by Crippen LogP contribution is -2.38. The van der Waals surface area contributed by atoms with Crippen molar-refractivity contribution in [2.75, 3.05) is 18.0 Å². The van der Waals surface area contributed by atoms with Crippen LogP contribution in [0.25, 0.3) is 0 Å². The number of alkyl halides is 2. The second-order valence-corrected chi connectivity index (χ2v) is 10.4. The highest BCUT2D eigenvalue weighted by atomic mass is 19.3. The molecule has 2 saturated carbocycles. The van der Waals surface area contributed by atoms with Crippen molar-refractivity contribution in [3.05, 3.63) is 24.3 Å². The van der Waals surface area contributed by atoms with Crippen LogP contribution in [0.1, 0.15) is 90.4 Å². The van der Waals surface area contributed by atoms with Crippen molar-refractivity contribution < 1.29 is 13.5 Å². The molecule has 174 valence electrons. The van der Waals surface area contributed by atoms with E-state index in [0.717, 1.165) is 43.5 Å². The highest BCUT2D eigenvalue weighted by Crippen LogP contribution is 2.46. The second-order valence-electron chi connectivity index (χ2n) is 10.4. The van der Waals surface area contributed by atoms with Crippen LogP contribution in [-0.2, 0) is 0 Å². The molecular weight excluding hydrogens is 392 g/mol. The fourth-order valence-corrected chi connectivity index (χ4v) is 6.40. The molecule has 3 aliphatic rings. The van der Waals surface area contributed by atoms with Gasteiger partial charge in [0.2, 0.25) is 0 Å². The summed E-state index contributed by atoms with van der Waals surface area (Å²) in [6, 6.07) is 7.31. The molecule has 1 aromatic rings. The normalized spacial score (nSPS) is 30.2. The van der Waals surface area contributed by atoms with Crippen molar-refractivity contribution in [3.8, 4) is 5.75 Å². The molecule has 1 saturated heterocycles. The summed E-state index contributed by atoms with van der Waals surface area (Å²) in [5, 5.41) is 0. The Morgan fingerprint density at radius 1 is 0.839 bits per heavy atom. The van der Waals surface area contributed by atoms with Crippen LogP contribution in [0.4, 0.5) is 14.5 Å². The lowest BCUT2D eigenvalue weighted by Gasteiger charge is -2.39. The zero-order valence-corrected chi connectivity index (χ0v) is 19.3. The maximum absolute atomic E-state index is 14.9. The van der Waals surface area contributed by atoms with E-state index in [-0.39, 0.29) is 0 Å². The molecule has 0 N–H and O–H groups in total. The molecular formula is C27H41F2NO. The number of nitrogens with zero attached hydrogens (tertiary/aromatic N) is 1. The van der Waals surface area contributed by atoms with Gasteiger partial charge in [0.1, 0.15) is 5.75 Å². The molecule has 0 spiro atoms. The zero-order valence-electron chi connectivity index (χ0n) is 19.3. The van der Waals surface area contributed by atoms with Crippen LogP contribution in [0.3, 0.4) is 0 Å². The van der Waals surface area contributed by atoms with E-state index in [2.05, 4.69) is 11.8 Å². The highest BCUT2D eigenvalue weighted by Gasteiger charge is 2.45. The summed E-state index contributed by atoms with van der Waals surface area (Å²) in [6.45, 7) is 4.39. The summed E-state index contributed by atoms with van der Waals surface area (Å²) < 4.78 is 35.1. The predicted octanol–water partition coefficient (Wildman–Crippen LogP) is 8.06. The molecule has 1 heterocycles. The zero-order chi connectivity index (χ0) is 21.7. The van der Waals surface area contributed by atoms with Gasteiger partial charge in [0.15, 0.2) is 0 Å². The molecule has 1 aromatic carbocycles. The minimum atomic E-state index is -3.07. The van der Waals surface area contributed by atoms with Gasteiger partial charge in [0.25, 0.3) is 0 Å². The molecule has 0 amide bonds. The van der Waals surface area contributed by atoms with Gasteiger partial charge in [-0.25, -0.2) is 0 Å². The SMILES string of the molecule is CCCC1CCC(C2CCC(C(F)(F)Oc3ccc(N4CCCCC4)cc3)CC2)CC1. The predicted molar refractivity (Wildman–Crippen MR) is 124 cm³/mol. The molecule has 2 nitrogen and oxygen atoms in total. The van der Waals surface area contributed by atoms with E-state index in [9.17, 15) is 8.78 Å². The van der Waals surface area contributed by atoms with Gasteiger partial charge in [-0.2, -0.15) is 8.78 Å². The van der Waals surface area contributed by atoms with Gasteiger partial charge < -0.3 is 9.64 Å². The molecule has 0 aromatic heterocycles. The average molecular weight is 434 g/mol. The van der Waals surface area contributed by atoms with Gasteiger partial charge in [-0.05, 0) is 99.8 Å². The van der Waals surface area contributed by atoms with E-state index in [1.807, 2.05) is 12.1 Å². The summed E-state index contributed by atoms with van der Waals surface area (Å²) in [4.78, 5) is 2.34. The average Bonchev–Trinajstić information content (AvgIpc) is 2.81. The third-order valence-electron chi connectivity index (χ3n) is 8.31. The van der Waals surface area contributed by atoms with Gasteiger partial charge in [-0.3, -0.25) is 0 Å². The number of anilines is 1. The van der Waals surface area contributed by atoms with Crippen LogP contribution >= 0.6 is 0 Å². The van der Waals surface area contributed by atoms with Crippen LogP contribution in [0.2, 0.25) is 0 Å². The van der Waals surface area contributed by atoms with E-state index >= 15 is 0 Å². The molecule has 0 unspecified atom stereocenters. The summed E-state index contributed by atoms with van der Waals surface area (Å²) in [6.07, 6.45) is 11.7. The Morgan fingerprint density at radius 3 is 2.00 bits per heavy atom. The van der Waals surface area contributed by atoms with Crippen molar-refractivity contribution in [2.45, 2.75) is 96.5 Å². The summed E-state index contributed by atoms with van der Waals surface area (Å²) in [5.74, 6) is 1.98. The molecule has 0 atom stereocenters. The smallest absolute Gasteiger partial charge is 0.400 e. The van der Waals surface area contributed by atoms with Crippen LogP contribution < -0.4 is 9.64 Å². The number of benzene rings is 1. The summed E-state index contributed by atoms with van der Waals surface area (Å²) in [5.41, 5.74) is 1.12. The Morgan fingerprint density at radius 2 is 1.42 bits per heavy atom. The number of hydrogen-bond acceptors (Lipinski definition) is 2. The molecule has 0 bridgehead atoms. The van der Waals surface area contributed by atoms with E-state index in [0.29, 0.717) is 24.5 Å². The molecule has 31 heavy (non-hydrogen) atoms. The first-order valence-electron chi connectivity index (χ1n) is 13.0. The van der Waals surface area contributed by atoms with Crippen LogP contribution in [0.15, 0.2) is 24.3 Å². The number of rotatable bonds is 7. The Kier molecular flexibility index (Phi) is 7.77. The topological polar surface area (TPSA) is 12.5 Å². The molecule has 2 aliphatic carbocycles. The molecule has 4 heteroatoms. The molecule has 1 aliphatic heterocycles. The number of piperidine rings is 1. The maximum Gasteiger partial charge on any atom is 0.400 e. The fourth-order valence-electron chi connectivity index (χ4n) is 6.40. The number of ether oxygens (including phenoxy) is 1. The van der Waals surface area contributed by atoms with E-state index < -0.39 is 12.0 Å². The minimum Gasteiger partial charge on any atom is -0.432 e. The first-order chi connectivity index (χ1) is 15.0. The maximum atomic E-state index is 14.9. The van der Waals surface area contributed by atoms with Crippen molar-refractivity contribution in [1.29, 1.82) is 0 Å². The Balaban J connectivity index is 1.25. The first kappa shape index (κ1) is 22.9. The highest BCUT2D eigenvalue weighted by molar-refractivity contribution is 5.49. The first-order valence-corrected chi connectivity index (χ1v) is 13.0. The Bertz CT molecular complexity index is 654. The lowest BCUT2D eigenvalue weighted by molar-refractivity contribution is -0.224. The van der Waals surface area contributed by atoms with Gasteiger partial charge in [0, 0.05) is 18.8 Å². The van der Waals surface area contributed by atoms with Crippen molar-refractivity contribution in [2.24, 2.45) is 23.7 Å². The van der Waals surface area contributed by atoms with Gasteiger partial charge in [-0.15, -0.1) is 0 Å². The number of hydrogen-bond donors (Lipinski definition) is 0. The summed E-state index contributed by atoms with van der Waals surface area (Å²) in [7, 11) is 0. The monoisotopic (exact) mass is 433 g/mol. The van der Waals surface area contributed by atoms with Crippen molar-refractivity contribution in [3.63, 3.8) is 0 Å². The Hall–Kier alpha value is -1.32. The van der Waals surface area contributed by atoms with E-state index in [1.54, 1.807) is 12.1 Å². The third-order valence-corrected chi connectivity index (χ3v) is 8.31. The van der Waals surface area contributed by atoms with E-state index in [4.69, 9.17) is 4.74 Å². The van der Waals surface area contributed by atoms with Crippen molar-refractivity contribution in [1.82, 2.24) is 0 Å². The van der Waals surface area contributed by atoms with Crippen LogP contribution in [-0.4, -0.2) is 19.2 Å². The molecule has 4 rings (SSSR count). The summed E-state index contributed by atoms with van der Waals surface area (Å²) >= 11 is 0. The van der Waals surface area contributed by atoms with Gasteiger partial charge in [0.05, 0.1) is 5.92 Å². The van der Waals surface area contributed by atoms with E-state index in [1.165, 1.54) is 57.8 Å². The second kappa shape index (κ2) is 10.5. The number of halogens is 2.